The topological polar surface area (TPSA) is 18.5 Å². The minimum atomic E-state index is -4.94. The summed E-state index contributed by atoms with van der Waals surface area (Å²) in [6, 6.07) is 4.87. The molecular weight excluding hydrogens is 405 g/mol. The average Bonchev–Trinajstić information content (AvgIpc) is 3.00. The summed E-state index contributed by atoms with van der Waals surface area (Å²) in [7, 11) is 0. The van der Waals surface area contributed by atoms with E-state index in [1.165, 1.54) is 11.3 Å². The molecule has 0 N–H and O–H groups in total. The normalized spacial score (nSPS) is 19.6. The highest BCUT2D eigenvalue weighted by atomic mass is 32.1. The molecule has 1 aromatic heterocycles. The Morgan fingerprint density at radius 2 is 1.39 bits per heavy atom. The fourth-order valence-electron chi connectivity index (χ4n) is 3.15. The molecule has 0 radical (unpaired) electrons. The second-order valence-electron chi connectivity index (χ2n) is 7.79. The van der Waals surface area contributed by atoms with Gasteiger partial charge >= 0.3 is 18.9 Å². The van der Waals surface area contributed by atoms with Gasteiger partial charge in [-0.2, -0.15) is 37.7 Å². The minimum absolute atomic E-state index is 0.111. The lowest BCUT2D eigenvalue weighted by molar-refractivity contribution is -0.143. The van der Waals surface area contributed by atoms with Crippen molar-refractivity contribution in [3.05, 3.63) is 46.3 Å². The molecule has 0 amide bonds. The lowest BCUT2D eigenvalue weighted by atomic mass is 9.48. The average molecular weight is 423 g/mol. The lowest BCUT2D eigenvalue weighted by Crippen LogP contribution is -2.67. The van der Waals surface area contributed by atoms with Gasteiger partial charge < -0.3 is 9.31 Å². The van der Waals surface area contributed by atoms with Crippen LogP contribution in [0.25, 0.3) is 0 Å². The monoisotopic (exact) mass is 423 g/mol. The largest absolute Gasteiger partial charge is 0.560 e. The summed E-state index contributed by atoms with van der Waals surface area (Å²) < 4.78 is 92.2. The predicted octanol–water partition coefficient (Wildman–Crippen LogP) is 4.72. The molecule has 2 aromatic rings. The van der Waals surface area contributed by atoms with E-state index >= 15 is 0 Å². The van der Waals surface area contributed by atoms with Crippen molar-refractivity contribution in [3.63, 3.8) is 0 Å². The van der Waals surface area contributed by atoms with Crippen LogP contribution in [0.15, 0.2) is 30.3 Å². The predicted molar refractivity (Wildman–Crippen MR) is 96.2 cm³/mol. The van der Waals surface area contributed by atoms with Crippen molar-refractivity contribution in [3.8, 4) is 0 Å². The highest BCUT2D eigenvalue weighted by Gasteiger charge is 2.43. The minimum Gasteiger partial charge on any atom is -0.560 e. The molecule has 0 spiro atoms. The Morgan fingerprint density at radius 1 is 0.893 bits per heavy atom. The molecule has 3 rings (SSSR count). The maximum atomic E-state index is 13.3. The molecule has 1 aromatic carbocycles. The van der Waals surface area contributed by atoms with Gasteiger partial charge in [0.1, 0.15) is 0 Å². The molecule has 0 unspecified atom stereocenters. The van der Waals surface area contributed by atoms with Gasteiger partial charge in [-0.25, -0.2) is 0 Å². The highest BCUT2D eigenvalue weighted by Crippen LogP contribution is 2.36. The van der Waals surface area contributed by atoms with Crippen molar-refractivity contribution in [1.82, 2.24) is 0 Å². The summed E-state index contributed by atoms with van der Waals surface area (Å²) in [5.41, 5.74) is -3.45. The lowest BCUT2D eigenvalue weighted by Gasteiger charge is -2.51. The highest BCUT2D eigenvalue weighted by molar-refractivity contribution is 7.27. The Morgan fingerprint density at radius 3 is 1.79 bits per heavy atom. The Hall–Kier alpha value is -1.52. The summed E-state index contributed by atoms with van der Waals surface area (Å²) >= 11 is 1.23. The fraction of sp³-hybridized carbons (Fsp3) is 0.444. The maximum Gasteiger partial charge on any atom is 0.416 e. The SMILES string of the molecule is Cc1ccc([B-]2(c3cc(C(F)(F)F)cc(C(F)(F)F)c3)OCC(C)(C)CO2)s1. The van der Waals surface area contributed by atoms with Crippen LogP contribution in [0.5, 0.6) is 0 Å². The first-order valence-electron chi connectivity index (χ1n) is 8.52. The number of halogens is 6. The first-order chi connectivity index (χ1) is 12.7. The van der Waals surface area contributed by atoms with Crippen LogP contribution in [0, 0.1) is 12.3 Å². The fourth-order valence-corrected chi connectivity index (χ4v) is 4.22. The molecule has 1 aliphatic heterocycles. The molecule has 28 heavy (non-hydrogen) atoms. The number of thiophene rings is 1. The Kier molecular flexibility index (Phi) is 5.13. The standard InChI is InChI=1S/C18H18BF6O2S/c1-11-4-5-15(28-11)19(26-9-16(2,3)10-27-19)14-7-12(17(20,21)22)6-13(8-14)18(23,24)25/h4-8H,9-10H2,1-3H3/q-1. The van der Waals surface area contributed by atoms with Crippen molar-refractivity contribution in [1.29, 1.82) is 0 Å². The molecule has 0 bridgehead atoms. The van der Waals surface area contributed by atoms with Gasteiger partial charge in [-0.15, -0.1) is 5.46 Å². The zero-order valence-electron chi connectivity index (χ0n) is 15.4. The van der Waals surface area contributed by atoms with E-state index in [1.54, 1.807) is 19.1 Å². The van der Waals surface area contributed by atoms with Crippen molar-refractivity contribution in [2.24, 2.45) is 5.41 Å². The number of aryl methyl sites for hydroxylation is 1. The number of benzene rings is 1. The van der Waals surface area contributed by atoms with Crippen LogP contribution >= 0.6 is 11.3 Å². The zero-order valence-corrected chi connectivity index (χ0v) is 16.2. The van der Waals surface area contributed by atoms with Crippen molar-refractivity contribution in [2.45, 2.75) is 33.1 Å². The molecule has 0 aliphatic carbocycles. The quantitative estimate of drug-likeness (QED) is 0.514. The number of alkyl halides is 6. The van der Waals surface area contributed by atoms with Gasteiger partial charge in [0.15, 0.2) is 0 Å². The summed E-state index contributed by atoms with van der Waals surface area (Å²) in [4.78, 5) is 0.844. The van der Waals surface area contributed by atoms with Gasteiger partial charge in [0.05, 0.1) is 11.1 Å². The van der Waals surface area contributed by atoms with Gasteiger partial charge in [0, 0.05) is 18.6 Å². The van der Waals surface area contributed by atoms with Crippen LogP contribution in [0.3, 0.4) is 0 Å². The molecule has 1 fully saturated rings. The van der Waals surface area contributed by atoms with E-state index in [-0.39, 0.29) is 24.7 Å². The Balaban J connectivity index is 2.23. The van der Waals surface area contributed by atoms with Crippen molar-refractivity contribution < 1.29 is 35.7 Å². The molecule has 0 atom stereocenters. The van der Waals surface area contributed by atoms with E-state index in [0.29, 0.717) is 16.9 Å². The second kappa shape index (κ2) is 6.78. The van der Waals surface area contributed by atoms with E-state index < -0.39 is 35.4 Å². The number of hydrogen-bond donors (Lipinski definition) is 0. The third kappa shape index (κ3) is 4.09. The molecule has 10 heteroatoms. The van der Waals surface area contributed by atoms with E-state index in [2.05, 4.69) is 0 Å². The van der Waals surface area contributed by atoms with Gasteiger partial charge in [-0.05, 0) is 17.9 Å². The third-order valence-electron chi connectivity index (χ3n) is 4.60. The molecule has 1 saturated heterocycles. The van der Waals surface area contributed by atoms with Crippen LogP contribution < -0.4 is 10.2 Å². The van der Waals surface area contributed by atoms with E-state index in [9.17, 15) is 26.3 Å². The maximum absolute atomic E-state index is 13.3. The Bertz CT molecular complexity index is 829. The van der Waals surface area contributed by atoms with Gasteiger partial charge in [-0.3, -0.25) is 0 Å². The first kappa shape index (κ1) is 21.2. The van der Waals surface area contributed by atoms with Crippen molar-refractivity contribution in [2.75, 3.05) is 13.2 Å². The number of rotatable bonds is 2. The first-order valence-corrected chi connectivity index (χ1v) is 9.33. The summed E-state index contributed by atoms with van der Waals surface area (Å²) in [6.45, 7) is 3.09. The van der Waals surface area contributed by atoms with E-state index in [1.807, 2.05) is 13.8 Å². The van der Waals surface area contributed by atoms with Crippen LogP contribution in [-0.4, -0.2) is 19.8 Å². The Labute approximate surface area is 162 Å². The van der Waals surface area contributed by atoms with Gasteiger partial charge in [0.2, 0.25) is 0 Å². The molecule has 154 valence electrons. The second-order valence-corrected chi connectivity index (χ2v) is 9.11. The number of hydrogen-bond acceptors (Lipinski definition) is 3. The summed E-state index contributed by atoms with van der Waals surface area (Å²) in [5, 5.41) is 0. The van der Waals surface area contributed by atoms with Crippen LogP contribution in [0.1, 0.15) is 29.9 Å². The van der Waals surface area contributed by atoms with E-state index in [4.69, 9.17) is 9.31 Å². The summed E-state index contributed by atoms with van der Waals surface area (Å²) in [5.74, 6) is 0. The molecule has 0 saturated carbocycles. The van der Waals surface area contributed by atoms with Gasteiger partial charge in [-0.1, -0.05) is 42.9 Å². The molecule has 2 heterocycles. The summed E-state index contributed by atoms with van der Waals surface area (Å²) in [6.07, 6.45) is -9.88. The van der Waals surface area contributed by atoms with Gasteiger partial charge in [0.25, 0.3) is 0 Å². The van der Waals surface area contributed by atoms with E-state index in [0.717, 1.165) is 4.88 Å². The third-order valence-corrected chi connectivity index (χ3v) is 5.74. The molecule has 2 nitrogen and oxygen atoms in total. The molecule has 1 aliphatic rings. The van der Waals surface area contributed by atoms with Crippen LogP contribution in [0.2, 0.25) is 0 Å². The molecular formula is C18H18BF6O2S-. The van der Waals surface area contributed by atoms with Crippen LogP contribution in [-0.2, 0) is 21.7 Å². The van der Waals surface area contributed by atoms with Crippen molar-refractivity contribution >= 4 is 28.1 Å². The zero-order chi connectivity index (χ0) is 21.0. The van der Waals surface area contributed by atoms with Crippen LogP contribution in [0.4, 0.5) is 26.3 Å². The smallest absolute Gasteiger partial charge is 0.416 e.